The van der Waals surface area contributed by atoms with Crippen molar-refractivity contribution in [3.05, 3.63) is 35.4 Å². The summed E-state index contributed by atoms with van der Waals surface area (Å²) in [5, 5.41) is 0. The molecule has 6 nitrogen and oxygen atoms in total. The molecular weight excluding hydrogens is 246 g/mol. The van der Waals surface area contributed by atoms with Crippen LogP contribution in [0.5, 0.6) is 0 Å². The van der Waals surface area contributed by atoms with E-state index in [-0.39, 0.29) is 5.91 Å². The van der Waals surface area contributed by atoms with E-state index in [1.54, 1.807) is 29.2 Å². The summed E-state index contributed by atoms with van der Waals surface area (Å²) in [6.07, 6.45) is 0. The summed E-state index contributed by atoms with van der Waals surface area (Å²) >= 11 is 0. The molecule has 0 aliphatic heterocycles. The Balaban J connectivity index is 2.83. The third-order valence-electron chi connectivity index (χ3n) is 2.70. The van der Waals surface area contributed by atoms with Gasteiger partial charge in [-0.05, 0) is 24.3 Å². The standard InChI is InChI=1S/C13H19N3O3/c1-19-13(18)11-4-2-10(3-5-11)12(17)16(8-6-14)9-7-15/h2-5H,6-9,14-15H2,1H3/p+2. The summed E-state index contributed by atoms with van der Waals surface area (Å²) in [6, 6.07) is 6.44. The van der Waals surface area contributed by atoms with Crippen molar-refractivity contribution in [1.82, 2.24) is 4.90 Å². The second kappa shape index (κ2) is 7.50. The van der Waals surface area contributed by atoms with Crippen LogP contribution in [0.3, 0.4) is 0 Å². The summed E-state index contributed by atoms with van der Waals surface area (Å²) < 4.78 is 4.61. The van der Waals surface area contributed by atoms with Crippen LogP contribution < -0.4 is 11.5 Å². The smallest absolute Gasteiger partial charge is 0.337 e. The molecule has 1 rings (SSSR count). The average molecular weight is 267 g/mol. The lowest BCUT2D eigenvalue weighted by Crippen LogP contribution is -2.59. The number of benzene rings is 1. The molecule has 0 saturated carbocycles. The number of ether oxygens (including phenoxy) is 1. The lowest BCUT2D eigenvalue weighted by atomic mass is 10.1. The fourth-order valence-corrected chi connectivity index (χ4v) is 1.75. The molecule has 0 aromatic heterocycles. The average Bonchev–Trinajstić information content (AvgIpc) is 2.45. The number of rotatable bonds is 6. The van der Waals surface area contributed by atoms with Crippen molar-refractivity contribution in [3.63, 3.8) is 0 Å². The Hall–Kier alpha value is -1.92. The highest BCUT2D eigenvalue weighted by Crippen LogP contribution is 2.08. The largest absolute Gasteiger partial charge is 0.465 e. The van der Waals surface area contributed by atoms with Crippen molar-refractivity contribution < 1.29 is 25.8 Å². The van der Waals surface area contributed by atoms with E-state index >= 15 is 0 Å². The molecule has 0 heterocycles. The number of hydrogen-bond donors (Lipinski definition) is 2. The third-order valence-corrected chi connectivity index (χ3v) is 2.70. The van der Waals surface area contributed by atoms with Gasteiger partial charge < -0.3 is 21.1 Å². The van der Waals surface area contributed by atoms with E-state index in [1.165, 1.54) is 7.11 Å². The topological polar surface area (TPSA) is 102 Å². The quantitative estimate of drug-likeness (QED) is 0.607. The summed E-state index contributed by atoms with van der Waals surface area (Å²) in [4.78, 5) is 25.2. The van der Waals surface area contributed by atoms with Crippen molar-refractivity contribution in [3.8, 4) is 0 Å². The highest BCUT2D eigenvalue weighted by Gasteiger charge is 2.16. The van der Waals surface area contributed by atoms with Gasteiger partial charge in [0.2, 0.25) is 0 Å². The van der Waals surface area contributed by atoms with Gasteiger partial charge in [0.15, 0.2) is 0 Å². The molecule has 1 aromatic carbocycles. The van der Waals surface area contributed by atoms with Gasteiger partial charge in [-0.2, -0.15) is 0 Å². The van der Waals surface area contributed by atoms with E-state index in [4.69, 9.17) is 0 Å². The third kappa shape index (κ3) is 4.04. The maximum Gasteiger partial charge on any atom is 0.337 e. The predicted molar refractivity (Wildman–Crippen MR) is 69.2 cm³/mol. The molecule has 0 atom stereocenters. The van der Waals surface area contributed by atoms with Crippen LogP contribution in [0.15, 0.2) is 24.3 Å². The minimum absolute atomic E-state index is 0.0660. The van der Waals surface area contributed by atoms with Crippen LogP contribution in [0.2, 0.25) is 0 Å². The lowest BCUT2D eigenvalue weighted by molar-refractivity contribution is -0.376. The van der Waals surface area contributed by atoms with Gasteiger partial charge in [-0.15, -0.1) is 0 Å². The number of hydrogen-bond acceptors (Lipinski definition) is 3. The summed E-state index contributed by atoms with van der Waals surface area (Å²) in [6.45, 7) is 2.53. The van der Waals surface area contributed by atoms with Crippen LogP contribution >= 0.6 is 0 Å². The van der Waals surface area contributed by atoms with E-state index in [9.17, 15) is 9.59 Å². The van der Waals surface area contributed by atoms with E-state index in [2.05, 4.69) is 16.2 Å². The summed E-state index contributed by atoms with van der Waals surface area (Å²) in [5.74, 6) is -0.477. The zero-order chi connectivity index (χ0) is 14.3. The van der Waals surface area contributed by atoms with Crippen molar-refractivity contribution >= 4 is 11.9 Å². The van der Waals surface area contributed by atoms with Gasteiger partial charge in [-0.1, -0.05) is 0 Å². The minimum Gasteiger partial charge on any atom is -0.465 e. The van der Waals surface area contributed by atoms with Gasteiger partial charge in [0.1, 0.15) is 0 Å². The Kier molecular flexibility index (Phi) is 5.98. The molecule has 0 saturated heterocycles. The Bertz CT molecular complexity index is 425. The fourth-order valence-electron chi connectivity index (χ4n) is 1.75. The van der Waals surface area contributed by atoms with E-state index in [0.29, 0.717) is 37.3 Å². The van der Waals surface area contributed by atoms with Crippen LogP contribution in [-0.4, -0.2) is 50.1 Å². The van der Waals surface area contributed by atoms with Gasteiger partial charge in [0.05, 0.1) is 38.9 Å². The molecule has 104 valence electrons. The van der Waals surface area contributed by atoms with Gasteiger partial charge in [0.25, 0.3) is 5.91 Å². The highest BCUT2D eigenvalue weighted by atomic mass is 16.5. The number of carbonyl (C=O) groups is 2. The fraction of sp³-hybridized carbons (Fsp3) is 0.385. The molecule has 0 aliphatic carbocycles. The van der Waals surface area contributed by atoms with Crippen LogP contribution in [-0.2, 0) is 4.74 Å². The molecule has 0 radical (unpaired) electrons. The number of carbonyl (C=O) groups excluding carboxylic acids is 2. The predicted octanol–water partition coefficient (Wildman–Crippen LogP) is -1.60. The second-order valence-electron chi connectivity index (χ2n) is 4.07. The molecule has 1 aromatic rings. The zero-order valence-corrected chi connectivity index (χ0v) is 11.2. The minimum atomic E-state index is -0.411. The van der Waals surface area contributed by atoms with Crippen LogP contribution in [0, 0.1) is 0 Å². The van der Waals surface area contributed by atoms with Crippen molar-refractivity contribution in [2.75, 3.05) is 33.3 Å². The first-order valence-electron chi connectivity index (χ1n) is 6.20. The lowest BCUT2D eigenvalue weighted by Gasteiger charge is -2.19. The highest BCUT2D eigenvalue weighted by molar-refractivity contribution is 5.96. The van der Waals surface area contributed by atoms with E-state index in [1.807, 2.05) is 0 Å². The Labute approximate surface area is 112 Å². The molecule has 19 heavy (non-hydrogen) atoms. The molecule has 0 bridgehead atoms. The monoisotopic (exact) mass is 267 g/mol. The van der Waals surface area contributed by atoms with Crippen LogP contribution in [0.1, 0.15) is 20.7 Å². The van der Waals surface area contributed by atoms with Crippen LogP contribution in [0.25, 0.3) is 0 Å². The molecule has 0 spiro atoms. The number of amides is 1. The Morgan fingerprint density at radius 3 is 1.95 bits per heavy atom. The summed E-state index contributed by atoms with van der Waals surface area (Å²) in [7, 11) is 1.33. The second-order valence-corrected chi connectivity index (χ2v) is 4.07. The Morgan fingerprint density at radius 2 is 1.53 bits per heavy atom. The van der Waals surface area contributed by atoms with Crippen molar-refractivity contribution in [2.45, 2.75) is 0 Å². The SMILES string of the molecule is COC(=O)c1ccc(C(=O)N(CC[NH3+])CC[NH3+])cc1. The van der Waals surface area contributed by atoms with Crippen molar-refractivity contribution in [1.29, 1.82) is 0 Å². The molecule has 0 aliphatic rings. The normalized spacial score (nSPS) is 10.1. The Morgan fingerprint density at radius 1 is 1.05 bits per heavy atom. The molecular formula is C13H21N3O3+2. The maximum absolute atomic E-state index is 12.2. The first-order chi connectivity index (χ1) is 9.13. The van der Waals surface area contributed by atoms with Gasteiger partial charge in [-0.25, -0.2) is 4.79 Å². The molecule has 1 amide bonds. The first kappa shape index (κ1) is 15.1. The number of quaternary nitrogens is 2. The zero-order valence-electron chi connectivity index (χ0n) is 11.2. The molecule has 0 unspecified atom stereocenters. The number of nitrogens with zero attached hydrogens (tertiary/aromatic N) is 1. The van der Waals surface area contributed by atoms with E-state index < -0.39 is 5.97 Å². The number of methoxy groups -OCH3 is 1. The summed E-state index contributed by atoms with van der Waals surface area (Å²) in [5.41, 5.74) is 8.49. The molecule has 6 heteroatoms. The van der Waals surface area contributed by atoms with Gasteiger partial charge in [0, 0.05) is 5.56 Å². The van der Waals surface area contributed by atoms with Gasteiger partial charge >= 0.3 is 5.97 Å². The van der Waals surface area contributed by atoms with Crippen LogP contribution in [0.4, 0.5) is 0 Å². The number of esters is 1. The van der Waals surface area contributed by atoms with Gasteiger partial charge in [-0.3, -0.25) is 4.79 Å². The van der Waals surface area contributed by atoms with E-state index in [0.717, 1.165) is 0 Å². The molecule has 0 fully saturated rings. The van der Waals surface area contributed by atoms with Crippen molar-refractivity contribution in [2.24, 2.45) is 0 Å². The first-order valence-corrected chi connectivity index (χ1v) is 6.20. The maximum atomic E-state index is 12.2. The molecule has 6 N–H and O–H groups in total.